The fourth-order valence-electron chi connectivity index (χ4n) is 2.72. The van der Waals surface area contributed by atoms with Gasteiger partial charge < -0.3 is 5.32 Å². The quantitative estimate of drug-likeness (QED) is 0.652. The van der Waals surface area contributed by atoms with E-state index in [0.29, 0.717) is 12.2 Å². The van der Waals surface area contributed by atoms with Crippen molar-refractivity contribution in [1.82, 2.24) is 4.98 Å². The van der Waals surface area contributed by atoms with E-state index in [2.05, 4.69) is 26.2 Å². The number of amides is 1. The molecule has 1 amide bonds. The minimum atomic E-state index is -0.269. The first kappa shape index (κ1) is 17.4. The summed E-state index contributed by atoms with van der Waals surface area (Å²) in [6.45, 7) is 1.90. The number of pyridine rings is 1. The molecule has 126 valence electrons. The van der Waals surface area contributed by atoms with Crippen LogP contribution in [0.3, 0.4) is 0 Å². The molecule has 0 radical (unpaired) electrons. The SMILES string of the molecule is Cc1nc(NC(=O)C(Cc2ccccc2)c2ccccc2)ccc1Br. The van der Waals surface area contributed by atoms with Crippen LogP contribution in [-0.2, 0) is 11.2 Å². The number of nitrogens with zero attached hydrogens (tertiary/aromatic N) is 1. The van der Waals surface area contributed by atoms with Gasteiger partial charge >= 0.3 is 0 Å². The first-order chi connectivity index (χ1) is 12.1. The third-order valence-corrected chi connectivity index (χ3v) is 4.91. The van der Waals surface area contributed by atoms with Crippen molar-refractivity contribution in [3.63, 3.8) is 0 Å². The fourth-order valence-corrected chi connectivity index (χ4v) is 2.94. The average molecular weight is 395 g/mol. The molecule has 1 unspecified atom stereocenters. The van der Waals surface area contributed by atoms with Crippen LogP contribution in [0.4, 0.5) is 5.82 Å². The summed E-state index contributed by atoms with van der Waals surface area (Å²) < 4.78 is 0.925. The highest BCUT2D eigenvalue weighted by Crippen LogP contribution is 2.23. The van der Waals surface area contributed by atoms with Crippen molar-refractivity contribution < 1.29 is 4.79 Å². The minimum Gasteiger partial charge on any atom is -0.310 e. The van der Waals surface area contributed by atoms with Crippen LogP contribution < -0.4 is 5.32 Å². The smallest absolute Gasteiger partial charge is 0.233 e. The van der Waals surface area contributed by atoms with Gasteiger partial charge in [-0.05, 0) is 52.5 Å². The molecule has 1 atom stereocenters. The van der Waals surface area contributed by atoms with Gasteiger partial charge in [-0.3, -0.25) is 4.79 Å². The molecule has 25 heavy (non-hydrogen) atoms. The molecule has 1 N–H and O–H groups in total. The zero-order valence-electron chi connectivity index (χ0n) is 13.9. The van der Waals surface area contributed by atoms with Gasteiger partial charge in [0.15, 0.2) is 0 Å². The fraction of sp³-hybridized carbons (Fsp3) is 0.143. The Morgan fingerprint density at radius 3 is 2.28 bits per heavy atom. The largest absolute Gasteiger partial charge is 0.310 e. The molecule has 0 spiro atoms. The van der Waals surface area contributed by atoms with Gasteiger partial charge in [0.1, 0.15) is 5.82 Å². The molecule has 3 aromatic rings. The normalized spacial score (nSPS) is 11.8. The van der Waals surface area contributed by atoms with E-state index in [1.54, 1.807) is 6.07 Å². The molecule has 1 aromatic heterocycles. The lowest BCUT2D eigenvalue weighted by Gasteiger charge is -2.17. The zero-order chi connectivity index (χ0) is 17.6. The van der Waals surface area contributed by atoms with Crippen LogP contribution in [-0.4, -0.2) is 10.9 Å². The monoisotopic (exact) mass is 394 g/mol. The maximum atomic E-state index is 13.0. The van der Waals surface area contributed by atoms with E-state index in [4.69, 9.17) is 0 Å². The molecular formula is C21H19BrN2O. The third kappa shape index (κ3) is 4.54. The number of halogens is 1. The Hall–Kier alpha value is -2.46. The van der Waals surface area contributed by atoms with Gasteiger partial charge in [-0.15, -0.1) is 0 Å². The number of carbonyl (C=O) groups excluding carboxylic acids is 1. The van der Waals surface area contributed by atoms with E-state index >= 15 is 0 Å². The van der Waals surface area contributed by atoms with Crippen LogP contribution in [0.2, 0.25) is 0 Å². The second-order valence-corrected chi connectivity index (χ2v) is 6.76. The minimum absolute atomic E-state index is 0.0516. The van der Waals surface area contributed by atoms with Crippen molar-refractivity contribution in [3.05, 3.63) is 94.1 Å². The molecule has 0 aliphatic heterocycles. The Bertz CT molecular complexity index is 850. The lowest BCUT2D eigenvalue weighted by atomic mass is 9.91. The molecule has 0 saturated carbocycles. The molecule has 3 nitrogen and oxygen atoms in total. The van der Waals surface area contributed by atoms with E-state index in [9.17, 15) is 4.79 Å². The number of hydrogen-bond acceptors (Lipinski definition) is 2. The zero-order valence-corrected chi connectivity index (χ0v) is 15.5. The molecule has 0 saturated heterocycles. The second kappa shape index (κ2) is 8.08. The van der Waals surface area contributed by atoms with Crippen LogP contribution in [0, 0.1) is 6.92 Å². The van der Waals surface area contributed by atoms with Gasteiger partial charge in [-0.1, -0.05) is 60.7 Å². The highest BCUT2D eigenvalue weighted by molar-refractivity contribution is 9.10. The highest BCUT2D eigenvalue weighted by atomic mass is 79.9. The molecule has 2 aromatic carbocycles. The van der Waals surface area contributed by atoms with Crippen molar-refractivity contribution in [2.24, 2.45) is 0 Å². The number of rotatable bonds is 5. The van der Waals surface area contributed by atoms with E-state index < -0.39 is 0 Å². The highest BCUT2D eigenvalue weighted by Gasteiger charge is 2.21. The van der Waals surface area contributed by atoms with Gasteiger partial charge in [-0.2, -0.15) is 0 Å². The second-order valence-electron chi connectivity index (χ2n) is 5.91. The van der Waals surface area contributed by atoms with Crippen LogP contribution in [0.25, 0.3) is 0 Å². The summed E-state index contributed by atoms with van der Waals surface area (Å²) in [5.74, 6) is 0.248. The molecular weight excluding hydrogens is 376 g/mol. The first-order valence-corrected chi connectivity index (χ1v) is 8.95. The number of carbonyl (C=O) groups is 1. The van der Waals surface area contributed by atoms with E-state index in [0.717, 1.165) is 21.3 Å². The number of nitrogens with one attached hydrogen (secondary N) is 1. The van der Waals surface area contributed by atoms with Crippen molar-refractivity contribution in [2.45, 2.75) is 19.3 Å². The van der Waals surface area contributed by atoms with Crippen molar-refractivity contribution in [1.29, 1.82) is 0 Å². The Labute approximate surface area is 156 Å². The summed E-state index contributed by atoms with van der Waals surface area (Å²) in [7, 11) is 0. The predicted octanol–water partition coefficient (Wildman–Crippen LogP) is 5.12. The standard InChI is InChI=1S/C21H19BrN2O/c1-15-19(22)12-13-20(23-15)24-21(25)18(17-10-6-3-7-11-17)14-16-8-4-2-5-9-16/h2-13,18H,14H2,1H3,(H,23,24,25). The molecule has 0 aliphatic rings. The van der Waals surface area contributed by atoms with Crippen LogP contribution in [0.15, 0.2) is 77.3 Å². The molecule has 1 heterocycles. The number of hydrogen-bond donors (Lipinski definition) is 1. The molecule has 0 fully saturated rings. The molecule has 0 bridgehead atoms. The number of anilines is 1. The van der Waals surface area contributed by atoms with Gasteiger partial charge in [0.25, 0.3) is 0 Å². The average Bonchev–Trinajstić information content (AvgIpc) is 2.64. The Kier molecular flexibility index (Phi) is 5.61. The summed E-state index contributed by atoms with van der Waals surface area (Å²) in [4.78, 5) is 17.4. The van der Waals surface area contributed by atoms with E-state index in [-0.39, 0.29) is 11.8 Å². The molecule has 4 heteroatoms. The van der Waals surface area contributed by atoms with Gasteiger partial charge in [-0.25, -0.2) is 4.98 Å². The first-order valence-electron chi connectivity index (χ1n) is 8.16. The summed E-state index contributed by atoms with van der Waals surface area (Å²) in [5, 5.41) is 2.96. The summed E-state index contributed by atoms with van der Waals surface area (Å²) in [5.41, 5.74) is 2.97. The summed E-state index contributed by atoms with van der Waals surface area (Å²) in [6, 6.07) is 23.6. The number of aromatic nitrogens is 1. The van der Waals surface area contributed by atoms with Crippen molar-refractivity contribution >= 4 is 27.7 Å². The lowest BCUT2D eigenvalue weighted by Crippen LogP contribution is -2.23. The Balaban J connectivity index is 1.85. The Morgan fingerprint density at radius 2 is 1.64 bits per heavy atom. The maximum absolute atomic E-state index is 13.0. The Morgan fingerprint density at radius 1 is 1.00 bits per heavy atom. The van der Waals surface area contributed by atoms with Crippen LogP contribution in [0.1, 0.15) is 22.7 Å². The number of benzene rings is 2. The topological polar surface area (TPSA) is 42.0 Å². The summed E-state index contributed by atoms with van der Waals surface area (Å²) in [6.07, 6.45) is 0.645. The van der Waals surface area contributed by atoms with Crippen molar-refractivity contribution in [2.75, 3.05) is 5.32 Å². The van der Waals surface area contributed by atoms with E-state index in [1.807, 2.05) is 73.7 Å². The van der Waals surface area contributed by atoms with Crippen LogP contribution in [0.5, 0.6) is 0 Å². The van der Waals surface area contributed by atoms with Gasteiger partial charge in [0, 0.05) is 4.47 Å². The maximum Gasteiger partial charge on any atom is 0.233 e. The van der Waals surface area contributed by atoms with E-state index in [1.165, 1.54) is 0 Å². The van der Waals surface area contributed by atoms with Crippen molar-refractivity contribution in [3.8, 4) is 0 Å². The van der Waals surface area contributed by atoms with Gasteiger partial charge in [0.2, 0.25) is 5.91 Å². The predicted molar refractivity (Wildman–Crippen MR) is 105 cm³/mol. The number of aryl methyl sites for hydroxylation is 1. The summed E-state index contributed by atoms with van der Waals surface area (Å²) >= 11 is 3.43. The van der Waals surface area contributed by atoms with Gasteiger partial charge in [0.05, 0.1) is 11.6 Å². The lowest BCUT2D eigenvalue weighted by molar-refractivity contribution is -0.117. The third-order valence-electron chi connectivity index (χ3n) is 4.07. The molecule has 0 aliphatic carbocycles. The molecule has 3 rings (SSSR count). The van der Waals surface area contributed by atoms with Crippen LogP contribution >= 0.6 is 15.9 Å².